The summed E-state index contributed by atoms with van der Waals surface area (Å²) in [6.45, 7) is 0. The van der Waals surface area contributed by atoms with Crippen molar-refractivity contribution in [1.82, 2.24) is 4.98 Å². The molecule has 1 aromatic heterocycles. The molecule has 0 fully saturated rings. The van der Waals surface area contributed by atoms with Gasteiger partial charge >= 0.3 is 10.2 Å². The van der Waals surface area contributed by atoms with Crippen molar-refractivity contribution in [2.75, 3.05) is 5.32 Å². The van der Waals surface area contributed by atoms with Gasteiger partial charge in [-0.3, -0.25) is 9.78 Å². The molecule has 1 heterocycles. The van der Waals surface area contributed by atoms with Crippen molar-refractivity contribution in [3.8, 4) is 5.75 Å². The molecule has 1 aromatic carbocycles. The molecule has 8 heteroatoms. The van der Waals surface area contributed by atoms with E-state index in [2.05, 4.69) is 10.3 Å². The first kappa shape index (κ1) is 13.9. The molecule has 0 saturated carbocycles. The fourth-order valence-electron chi connectivity index (χ4n) is 1.55. The van der Waals surface area contributed by atoms with Crippen molar-refractivity contribution in [1.29, 1.82) is 0 Å². The molecular formula is C12H9FN2O4S. The second-order valence-electron chi connectivity index (χ2n) is 3.78. The molecule has 1 amide bonds. The Balaban J connectivity index is 2.37. The quantitative estimate of drug-likeness (QED) is 0.840. The number of amides is 1. The predicted molar refractivity (Wildman–Crippen MR) is 68.6 cm³/mol. The smallest absolute Gasteiger partial charge is 0.334 e. The molecule has 0 aliphatic carbocycles. The molecule has 0 aliphatic heterocycles. The molecule has 0 spiro atoms. The third-order valence-corrected chi connectivity index (χ3v) is 3.32. The molecule has 0 atom stereocenters. The summed E-state index contributed by atoms with van der Waals surface area (Å²) in [5, 5.41) is 11.7. The predicted octanol–water partition coefficient (Wildman–Crippen LogP) is 1.70. The minimum absolute atomic E-state index is 0.106. The highest BCUT2D eigenvalue weighted by atomic mass is 32.3. The number of anilines is 1. The zero-order valence-electron chi connectivity index (χ0n) is 9.95. The Morgan fingerprint density at radius 3 is 2.60 bits per heavy atom. The van der Waals surface area contributed by atoms with Crippen LogP contribution < -0.4 is 5.32 Å². The van der Waals surface area contributed by atoms with Gasteiger partial charge in [0.1, 0.15) is 10.6 Å². The van der Waals surface area contributed by atoms with Crippen LogP contribution in [0.5, 0.6) is 5.75 Å². The summed E-state index contributed by atoms with van der Waals surface area (Å²) in [6.07, 6.45) is 2.35. The lowest BCUT2D eigenvalue weighted by Crippen LogP contribution is -2.14. The van der Waals surface area contributed by atoms with Crippen molar-refractivity contribution < 1.29 is 22.2 Å². The number of hydrogen-bond acceptors (Lipinski definition) is 5. The highest BCUT2D eigenvalue weighted by Crippen LogP contribution is 2.24. The zero-order chi connectivity index (χ0) is 14.8. The van der Waals surface area contributed by atoms with Gasteiger partial charge in [-0.15, -0.1) is 3.89 Å². The number of rotatable bonds is 3. The van der Waals surface area contributed by atoms with Crippen molar-refractivity contribution >= 4 is 21.8 Å². The van der Waals surface area contributed by atoms with E-state index >= 15 is 0 Å². The van der Waals surface area contributed by atoms with E-state index in [9.17, 15) is 22.2 Å². The molecule has 0 unspecified atom stereocenters. The second-order valence-corrected chi connectivity index (χ2v) is 5.10. The standard InChI is InChI=1S/C12H9FN2O4S/c13-20(18,19)11-4-2-1-3-9(11)15-12(17)8-5-6-14-7-10(8)16/h1-7,16H,(H,15,17). The van der Waals surface area contributed by atoms with Gasteiger partial charge in [0.05, 0.1) is 17.4 Å². The molecule has 0 saturated heterocycles. The Bertz CT molecular complexity index is 762. The minimum atomic E-state index is -4.96. The van der Waals surface area contributed by atoms with E-state index in [4.69, 9.17) is 0 Å². The maximum absolute atomic E-state index is 13.1. The van der Waals surface area contributed by atoms with Gasteiger partial charge in [0.15, 0.2) is 0 Å². The summed E-state index contributed by atoms with van der Waals surface area (Å²) >= 11 is 0. The van der Waals surface area contributed by atoms with Crippen LogP contribution in [0.15, 0.2) is 47.6 Å². The van der Waals surface area contributed by atoms with E-state index in [1.807, 2.05) is 0 Å². The van der Waals surface area contributed by atoms with Crippen LogP contribution in [-0.4, -0.2) is 24.4 Å². The first-order chi connectivity index (χ1) is 9.39. The van der Waals surface area contributed by atoms with Crippen molar-refractivity contribution in [2.45, 2.75) is 4.90 Å². The number of benzene rings is 1. The van der Waals surface area contributed by atoms with Crippen LogP contribution in [-0.2, 0) is 10.2 Å². The molecule has 104 valence electrons. The molecule has 0 bridgehead atoms. The van der Waals surface area contributed by atoms with Gasteiger partial charge < -0.3 is 10.4 Å². The first-order valence-electron chi connectivity index (χ1n) is 5.37. The van der Waals surface area contributed by atoms with Gasteiger partial charge in [0.25, 0.3) is 5.91 Å². The Kier molecular flexibility index (Phi) is 3.66. The molecule has 6 nitrogen and oxygen atoms in total. The lowest BCUT2D eigenvalue weighted by atomic mass is 10.2. The van der Waals surface area contributed by atoms with E-state index in [-0.39, 0.29) is 17.0 Å². The number of hydrogen-bond donors (Lipinski definition) is 2. The third-order valence-electron chi connectivity index (χ3n) is 2.44. The molecule has 2 aromatic rings. The maximum atomic E-state index is 13.1. The summed E-state index contributed by atoms with van der Waals surface area (Å²) < 4.78 is 35.0. The number of carbonyl (C=O) groups excluding carboxylic acids is 1. The molecule has 2 N–H and O–H groups in total. The lowest BCUT2D eigenvalue weighted by molar-refractivity contribution is 0.102. The van der Waals surface area contributed by atoms with E-state index in [0.717, 1.165) is 12.3 Å². The minimum Gasteiger partial charge on any atom is -0.505 e. The average molecular weight is 296 g/mol. The summed E-state index contributed by atoms with van der Waals surface area (Å²) in [7, 11) is -4.96. The van der Waals surface area contributed by atoms with Crippen LogP contribution >= 0.6 is 0 Å². The maximum Gasteiger partial charge on any atom is 0.334 e. The Morgan fingerprint density at radius 2 is 1.95 bits per heavy atom. The first-order valence-corrected chi connectivity index (χ1v) is 6.76. The molecule has 0 radical (unpaired) electrons. The Labute approximate surface area is 114 Å². The van der Waals surface area contributed by atoms with Gasteiger partial charge in [-0.1, -0.05) is 12.1 Å². The van der Waals surface area contributed by atoms with E-state index in [1.54, 1.807) is 0 Å². The molecule has 20 heavy (non-hydrogen) atoms. The van der Waals surface area contributed by atoms with Crippen LogP contribution in [0.25, 0.3) is 0 Å². The highest BCUT2D eigenvalue weighted by molar-refractivity contribution is 7.86. The summed E-state index contributed by atoms with van der Waals surface area (Å²) in [6, 6.07) is 6.28. The summed E-state index contributed by atoms with van der Waals surface area (Å²) in [4.78, 5) is 14.9. The topological polar surface area (TPSA) is 96.4 Å². The average Bonchev–Trinajstić information content (AvgIpc) is 2.38. The van der Waals surface area contributed by atoms with E-state index in [0.29, 0.717) is 0 Å². The van der Waals surface area contributed by atoms with Crippen LogP contribution in [0.4, 0.5) is 9.57 Å². The number of aromatic hydroxyl groups is 1. The number of nitrogens with zero attached hydrogens (tertiary/aromatic N) is 1. The Morgan fingerprint density at radius 1 is 1.25 bits per heavy atom. The van der Waals surface area contributed by atoms with Crippen molar-refractivity contribution in [3.05, 3.63) is 48.3 Å². The highest BCUT2D eigenvalue weighted by Gasteiger charge is 2.19. The van der Waals surface area contributed by atoms with Crippen molar-refractivity contribution in [2.24, 2.45) is 0 Å². The second kappa shape index (κ2) is 5.25. The van der Waals surface area contributed by atoms with Gasteiger partial charge in [-0.2, -0.15) is 8.42 Å². The fourth-order valence-corrected chi connectivity index (χ4v) is 2.17. The van der Waals surface area contributed by atoms with Crippen LogP contribution in [0.1, 0.15) is 10.4 Å². The molecule has 0 aliphatic rings. The number of halogens is 1. The zero-order valence-corrected chi connectivity index (χ0v) is 10.8. The van der Waals surface area contributed by atoms with Crippen LogP contribution in [0, 0.1) is 0 Å². The number of carbonyl (C=O) groups is 1. The number of aromatic nitrogens is 1. The lowest BCUT2D eigenvalue weighted by Gasteiger charge is -2.08. The van der Waals surface area contributed by atoms with Gasteiger partial charge in [0, 0.05) is 6.20 Å². The third kappa shape index (κ3) is 2.91. The van der Waals surface area contributed by atoms with Crippen LogP contribution in [0.3, 0.4) is 0 Å². The summed E-state index contributed by atoms with van der Waals surface area (Å²) in [5.41, 5.74) is -0.317. The van der Waals surface area contributed by atoms with Gasteiger partial charge in [-0.05, 0) is 18.2 Å². The van der Waals surface area contributed by atoms with E-state index < -0.39 is 21.0 Å². The van der Waals surface area contributed by atoms with Crippen LogP contribution in [0.2, 0.25) is 0 Å². The SMILES string of the molecule is O=C(Nc1ccccc1S(=O)(=O)F)c1ccncc1O. The largest absolute Gasteiger partial charge is 0.505 e. The van der Waals surface area contributed by atoms with Gasteiger partial charge in [0.2, 0.25) is 0 Å². The Hall–Kier alpha value is -2.48. The summed E-state index contributed by atoms with van der Waals surface area (Å²) in [5.74, 6) is -1.15. The monoisotopic (exact) mass is 296 g/mol. The fraction of sp³-hybridized carbons (Fsp3) is 0. The molecular weight excluding hydrogens is 287 g/mol. The van der Waals surface area contributed by atoms with E-state index in [1.165, 1.54) is 30.5 Å². The number of para-hydroxylation sites is 1. The normalized spacial score (nSPS) is 11.1. The molecule has 2 rings (SSSR count). The number of pyridine rings is 1. The van der Waals surface area contributed by atoms with Crippen molar-refractivity contribution in [3.63, 3.8) is 0 Å². The number of nitrogens with one attached hydrogen (secondary N) is 1. The van der Waals surface area contributed by atoms with Gasteiger partial charge in [-0.25, -0.2) is 0 Å².